The molecule has 0 N–H and O–H groups in total. The molecule has 0 saturated heterocycles. The van der Waals surface area contributed by atoms with Gasteiger partial charge in [-0.2, -0.15) is 57.1 Å². The molecular formula is C13H5Br2F13OS2. The van der Waals surface area contributed by atoms with Gasteiger partial charge in [-0.15, -0.1) is 11.3 Å². The van der Waals surface area contributed by atoms with Crippen LogP contribution in [0.15, 0.2) is 13.6 Å². The number of carbonyl (C=O) groups is 1. The summed E-state index contributed by atoms with van der Waals surface area (Å²) in [6.07, 6.45) is -9.88. The summed E-state index contributed by atoms with van der Waals surface area (Å²) in [6.45, 7) is 0. The highest BCUT2D eigenvalue weighted by atomic mass is 79.9. The van der Waals surface area contributed by atoms with Crippen molar-refractivity contribution in [1.29, 1.82) is 0 Å². The highest BCUT2D eigenvalue weighted by molar-refractivity contribution is 9.12. The highest BCUT2D eigenvalue weighted by Crippen LogP contribution is 2.60. The zero-order chi connectivity index (χ0) is 24.8. The van der Waals surface area contributed by atoms with E-state index in [-0.39, 0.29) is 21.1 Å². The first-order valence-electron chi connectivity index (χ1n) is 7.12. The number of hydrogen-bond acceptors (Lipinski definition) is 3. The van der Waals surface area contributed by atoms with Crippen molar-refractivity contribution in [3.63, 3.8) is 0 Å². The maximum absolute atomic E-state index is 13.6. The molecule has 0 unspecified atom stereocenters. The first-order valence-corrected chi connectivity index (χ1v) is 10.5. The Bertz CT molecular complexity index is 819. The molecule has 0 amide bonds. The molecule has 1 aromatic heterocycles. The largest absolute Gasteiger partial charge is 0.460 e. The number of alkyl halides is 13. The van der Waals surface area contributed by atoms with Crippen molar-refractivity contribution in [3.05, 3.63) is 19.2 Å². The van der Waals surface area contributed by atoms with Gasteiger partial charge in [-0.25, -0.2) is 0 Å². The van der Waals surface area contributed by atoms with Crippen LogP contribution in [0.4, 0.5) is 57.1 Å². The number of thioether (sulfide) groups is 1. The first-order chi connectivity index (χ1) is 13.5. The van der Waals surface area contributed by atoms with Crippen molar-refractivity contribution >= 4 is 60.1 Å². The molecule has 0 aliphatic heterocycles. The van der Waals surface area contributed by atoms with Gasteiger partial charge in [0.15, 0.2) is 0 Å². The van der Waals surface area contributed by atoms with Crippen LogP contribution in [0.3, 0.4) is 0 Å². The Morgan fingerprint density at radius 3 is 1.65 bits per heavy atom. The van der Waals surface area contributed by atoms with E-state index in [4.69, 9.17) is 0 Å². The van der Waals surface area contributed by atoms with Crippen molar-refractivity contribution in [2.24, 2.45) is 0 Å². The Labute approximate surface area is 189 Å². The zero-order valence-electron chi connectivity index (χ0n) is 13.9. The molecule has 18 heteroatoms. The minimum Gasteiger partial charge on any atom is -0.281 e. The summed E-state index contributed by atoms with van der Waals surface area (Å²) in [5.74, 6) is -38.4. The fraction of sp³-hybridized carbons (Fsp3) is 0.615. The molecule has 31 heavy (non-hydrogen) atoms. The molecule has 1 rings (SSSR count). The SMILES string of the molecule is O=C(SCCC(F)(F)C(F)(F)C(F)(F)C(F)(F)C(F)(F)C(F)(F)F)c1cc(Br)sc1Br. The number of rotatable bonds is 8. The van der Waals surface area contributed by atoms with E-state index in [0.717, 1.165) is 11.3 Å². The molecule has 0 aliphatic carbocycles. The van der Waals surface area contributed by atoms with Crippen molar-refractivity contribution in [2.45, 2.75) is 42.2 Å². The van der Waals surface area contributed by atoms with Crippen molar-refractivity contribution in [3.8, 4) is 0 Å². The lowest BCUT2D eigenvalue weighted by molar-refractivity contribution is -0.439. The standard InChI is InChI=1S/C13H5Br2F13OS2/c14-5-3-4(6(15)31-5)7(29)30-2-1-8(16,17)9(18,19)10(20,21)11(22,23)12(24,25)13(26,27)28/h3H,1-2H2. The van der Waals surface area contributed by atoms with Crippen LogP contribution in [0.1, 0.15) is 16.8 Å². The second-order valence-electron chi connectivity index (χ2n) is 5.62. The summed E-state index contributed by atoms with van der Waals surface area (Å²) in [5.41, 5.74) is -0.154. The third-order valence-electron chi connectivity index (χ3n) is 3.52. The van der Waals surface area contributed by atoms with Gasteiger partial charge in [0, 0.05) is 12.2 Å². The first kappa shape index (κ1) is 28.8. The van der Waals surface area contributed by atoms with E-state index in [1.165, 1.54) is 6.07 Å². The van der Waals surface area contributed by atoms with E-state index in [2.05, 4.69) is 31.9 Å². The fourth-order valence-corrected chi connectivity index (χ4v) is 5.64. The molecule has 1 heterocycles. The Kier molecular flexibility index (Phi) is 8.22. The fourth-order valence-electron chi connectivity index (χ4n) is 1.79. The Hall–Kier alpha value is -0.230. The summed E-state index contributed by atoms with van der Waals surface area (Å²) < 4.78 is 169. The predicted octanol–water partition coefficient (Wildman–Crippen LogP) is 8.28. The molecule has 180 valence electrons. The van der Waals surface area contributed by atoms with Crippen LogP contribution >= 0.6 is 55.0 Å². The summed E-state index contributed by atoms with van der Waals surface area (Å²) >= 11 is 6.67. The van der Waals surface area contributed by atoms with E-state index in [1.54, 1.807) is 0 Å². The molecule has 0 fully saturated rings. The second-order valence-corrected chi connectivity index (χ2v) is 10.4. The van der Waals surface area contributed by atoms with Gasteiger partial charge in [-0.1, -0.05) is 11.8 Å². The highest BCUT2D eigenvalue weighted by Gasteiger charge is 2.90. The molecule has 0 bridgehead atoms. The molecule has 1 aromatic rings. The lowest BCUT2D eigenvalue weighted by Gasteiger charge is -2.39. The van der Waals surface area contributed by atoms with Gasteiger partial charge in [-0.05, 0) is 37.9 Å². The zero-order valence-corrected chi connectivity index (χ0v) is 18.7. The van der Waals surface area contributed by atoms with Crippen molar-refractivity contribution in [2.75, 3.05) is 5.75 Å². The third kappa shape index (κ3) is 5.00. The second kappa shape index (κ2) is 8.85. The summed E-state index contributed by atoms with van der Waals surface area (Å²) in [6, 6.07) is 1.17. The lowest BCUT2D eigenvalue weighted by Crippen LogP contribution is -2.70. The smallest absolute Gasteiger partial charge is 0.281 e. The molecular weight excluding hydrogens is 643 g/mol. The van der Waals surface area contributed by atoms with Crippen molar-refractivity contribution < 1.29 is 61.9 Å². The van der Waals surface area contributed by atoms with Gasteiger partial charge in [0.1, 0.15) is 0 Å². The number of thiophene rings is 1. The van der Waals surface area contributed by atoms with Crippen LogP contribution in [0.25, 0.3) is 0 Å². The van der Waals surface area contributed by atoms with Crippen LogP contribution in [0.2, 0.25) is 0 Å². The number of halogens is 15. The van der Waals surface area contributed by atoms with Gasteiger partial charge in [0.05, 0.1) is 13.1 Å². The van der Waals surface area contributed by atoms with Crippen molar-refractivity contribution in [1.82, 2.24) is 0 Å². The number of carbonyl (C=O) groups excluding carboxylic acids is 1. The van der Waals surface area contributed by atoms with E-state index >= 15 is 0 Å². The minimum absolute atomic E-state index is 0.129. The third-order valence-corrected chi connectivity index (χ3v) is 6.75. The molecule has 1 nitrogen and oxygen atoms in total. The van der Waals surface area contributed by atoms with Gasteiger partial charge in [-0.3, -0.25) is 4.79 Å². The quantitative estimate of drug-likeness (QED) is 0.264. The van der Waals surface area contributed by atoms with Gasteiger partial charge >= 0.3 is 35.8 Å². The van der Waals surface area contributed by atoms with Crippen LogP contribution < -0.4 is 0 Å². The van der Waals surface area contributed by atoms with E-state index in [1.807, 2.05) is 0 Å². The van der Waals surface area contributed by atoms with Crippen LogP contribution in [0, 0.1) is 0 Å². The Morgan fingerprint density at radius 1 is 0.806 bits per heavy atom. The van der Waals surface area contributed by atoms with Gasteiger partial charge < -0.3 is 0 Å². The average Bonchev–Trinajstić information content (AvgIpc) is 2.91. The van der Waals surface area contributed by atoms with E-state index < -0.39 is 53.1 Å². The number of hydrogen-bond donors (Lipinski definition) is 0. The molecule has 0 saturated carbocycles. The summed E-state index contributed by atoms with van der Waals surface area (Å²) in [7, 11) is 0. The average molecular weight is 648 g/mol. The van der Waals surface area contributed by atoms with Gasteiger partial charge in [0.2, 0.25) is 5.12 Å². The van der Waals surface area contributed by atoms with Crippen LogP contribution in [-0.4, -0.2) is 46.7 Å². The van der Waals surface area contributed by atoms with E-state index in [0.29, 0.717) is 3.79 Å². The molecule has 0 aliphatic rings. The minimum atomic E-state index is -7.93. The predicted molar refractivity (Wildman–Crippen MR) is 91.9 cm³/mol. The summed E-state index contributed by atoms with van der Waals surface area (Å²) in [4.78, 5) is 11.8. The maximum Gasteiger partial charge on any atom is 0.460 e. The van der Waals surface area contributed by atoms with Crippen LogP contribution in [0.5, 0.6) is 0 Å². The maximum atomic E-state index is 13.6. The van der Waals surface area contributed by atoms with Gasteiger partial charge in [0.25, 0.3) is 0 Å². The molecule has 0 aromatic carbocycles. The topological polar surface area (TPSA) is 17.1 Å². The van der Waals surface area contributed by atoms with Crippen LogP contribution in [-0.2, 0) is 0 Å². The molecule has 0 radical (unpaired) electrons. The monoisotopic (exact) mass is 646 g/mol. The van der Waals surface area contributed by atoms with E-state index in [9.17, 15) is 61.9 Å². The Morgan fingerprint density at radius 2 is 1.26 bits per heavy atom. The summed E-state index contributed by atoms with van der Waals surface area (Å²) in [5, 5.41) is -1.03. The Balaban J connectivity index is 3.08. The normalized spacial score (nSPS) is 14.8. The molecule has 0 atom stereocenters. The lowest BCUT2D eigenvalue weighted by atomic mass is 9.93. The molecule has 0 spiro atoms.